The second kappa shape index (κ2) is 12.7. The van der Waals surface area contributed by atoms with Gasteiger partial charge in [0.05, 0.1) is 12.6 Å². The van der Waals surface area contributed by atoms with Crippen LogP contribution in [0.4, 0.5) is 0 Å². The molecule has 4 unspecified atom stereocenters. The van der Waals surface area contributed by atoms with Crippen LogP contribution in [0.25, 0.3) is 0 Å². The first-order valence-corrected chi connectivity index (χ1v) is 11.0. The second-order valence-electron chi connectivity index (χ2n) is 8.24. The Bertz CT molecular complexity index is 937. The van der Waals surface area contributed by atoms with E-state index >= 15 is 0 Å². The van der Waals surface area contributed by atoms with Crippen LogP contribution in [0.15, 0.2) is 24.3 Å². The molecule has 3 amide bonds. The molecule has 35 heavy (non-hydrogen) atoms. The predicted molar refractivity (Wildman–Crippen MR) is 120 cm³/mol. The lowest BCUT2D eigenvalue weighted by molar-refractivity contribution is -0.149. The van der Waals surface area contributed by atoms with Crippen LogP contribution in [0, 0.1) is 0 Å². The van der Waals surface area contributed by atoms with Crippen molar-refractivity contribution in [2.45, 2.75) is 56.3 Å². The first-order valence-electron chi connectivity index (χ1n) is 11.0. The molecule has 1 aliphatic rings. The smallest absolute Gasteiger partial charge is 0.326 e. The molecule has 0 spiro atoms. The maximum absolute atomic E-state index is 13.2. The molecule has 1 aromatic rings. The topological polar surface area (TPSA) is 220 Å². The van der Waals surface area contributed by atoms with E-state index in [0.29, 0.717) is 12.0 Å². The minimum absolute atomic E-state index is 0.00607. The van der Waals surface area contributed by atoms with E-state index < -0.39 is 60.4 Å². The highest BCUT2D eigenvalue weighted by atomic mass is 16.4. The largest absolute Gasteiger partial charge is 0.508 e. The van der Waals surface area contributed by atoms with Gasteiger partial charge in [-0.05, 0) is 37.0 Å². The number of likely N-dealkylation sites (tertiary alicyclic amines) is 1. The lowest BCUT2D eigenvalue weighted by atomic mass is 10.0. The number of carbonyl (C=O) groups is 5. The Kier molecular flexibility index (Phi) is 9.97. The lowest BCUT2D eigenvalue weighted by Gasteiger charge is -2.28. The normalized spacial score (nSPS) is 17.8. The Balaban J connectivity index is 2.17. The summed E-state index contributed by atoms with van der Waals surface area (Å²) >= 11 is 0. The molecule has 8 N–H and O–H groups in total. The van der Waals surface area contributed by atoms with Crippen molar-refractivity contribution in [3.05, 3.63) is 29.8 Å². The maximum atomic E-state index is 13.2. The molecule has 0 radical (unpaired) electrons. The van der Waals surface area contributed by atoms with Gasteiger partial charge in [-0.1, -0.05) is 12.1 Å². The van der Waals surface area contributed by atoms with Crippen LogP contribution in [0.3, 0.4) is 0 Å². The van der Waals surface area contributed by atoms with Gasteiger partial charge in [-0.2, -0.15) is 0 Å². The van der Waals surface area contributed by atoms with E-state index in [1.54, 1.807) is 0 Å². The number of aliphatic hydroxyl groups is 1. The zero-order valence-corrected chi connectivity index (χ0v) is 18.9. The molecular weight excluding hydrogens is 464 g/mol. The zero-order valence-electron chi connectivity index (χ0n) is 18.9. The second-order valence-corrected chi connectivity index (χ2v) is 8.24. The number of carboxylic acids is 2. The minimum Gasteiger partial charge on any atom is -0.508 e. The van der Waals surface area contributed by atoms with Gasteiger partial charge in [0.1, 0.15) is 23.9 Å². The van der Waals surface area contributed by atoms with Crippen molar-refractivity contribution in [1.82, 2.24) is 15.5 Å². The van der Waals surface area contributed by atoms with Crippen molar-refractivity contribution in [2.75, 3.05) is 13.2 Å². The van der Waals surface area contributed by atoms with Crippen LogP contribution in [-0.4, -0.2) is 92.3 Å². The molecule has 0 aliphatic carbocycles. The third kappa shape index (κ3) is 7.93. The number of benzene rings is 1. The summed E-state index contributed by atoms with van der Waals surface area (Å²) in [5.74, 6) is -4.73. The highest BCUT2D eigenvalue weighted by Crippen LogP contribution is 2.20. The molecule has 1 aliphatic heterocycles. The monoisotopic (exact) mass is 494 g/mol. The number of hydrogen-bond donors (Lipinski definition) is 7. The summed E-state index contributed by atoms with van der Waals surface area (Å²) in [6, 6.07) is 0.875. The minimum atomic E-state index is -1.48. The average molecular weight is 495 g/mol. The number of amides is 3. The predicted octanol–water partition coefficient (Wildman–Crippen LogP) is -1.84. The number of nitrogens with zero attached hydrogens (tertiary/aromatic N) is 1. The fourth-order valence-corrected chi connectivity index (χ4v) is 3.71. The fourth-order valence-electron chi connectivity index (χ4n) is 3.71. The van der Waals surface area contributed by atoms with Crippen LogP contribution in [0.2, 0.25) is 0 Å². The Morgan fingerprint density at radius 2 is 1.66 bits per heavy atom. The number of nitrogens with one attached hydrogen (secondary N) is 2. The summed E-state index contributed by atoms with van der Waals surface area (Å²) in [5.41, 5.74) is 6.20. The molecule has 4 atom stereocenters. The molecule has 13 nitrogen and oxygen atoms in total. The molecular formula is C22H30N4O9. The van der Waals surface area contributed by atoms with Crippen molar-refractivity contribution in [3.63, 3.8) is 0 Å². The van der Waals surface area contributed by atoms with Crippen LogP contribution in [-0.2, 0) is 30.4 Å². The maximum Gasteiger partial charge on any atom is 0.326 e. The molecule has 0 saturated carbocycles. The van der Waals surface area contributed by atoms with Crippen molar-refractivity contribution < 1.29 is 44.4 Å². The quantitative estimate of drug-likeness (QED) is 0.172. The van der Waals surface area contributed by atoms with E-state index in [-0.39, 0.29) is 38.0 Å². The van der Waals surface area contributed by atoms with Crippen molar-refractivity contribution in [2.24, 2.45) is 5.73 Å². The number of aliphatic hydroxyl groups excluding tert-OH is 1. The summed E-state index contributed by atoms with van der Waals surface area (Å²) in [6.07, 6.45) is 0.150. The fraction of sp³-hybridized carbons (Fsp3) is 0.500. The van der Waals surface area contributed by atoms with Gasteiger partial charge in [-0.3, -0.25) is 19.2 Å². The Morgan fingerprint density at radius 3 is 2.23 bits per heavy atom. The first-order chi connectivity index (χ1) is 16.5. The SMILES string of the molecule is NC(CCC(=O)O)C(=O)NC(CO)C(=O)NC(Cc1ccc(O)cc1)C(=O)N1CCCC1C(=O)O. The standard InChI is InChI=1S/C22H30N4O9/c23-14(7-8-18(29)30)19(31)25-16(11-27)20(32)24-15(10-12-3-5-13(28)6-4-12)21(33)26-9-1-2-17(26)22(34)35/h3-6,14-17,27-28H,1-2,7-11,23H2,(H,24,32)(H,25,31)(H,29,30)(H,34,35). The number of phenolic OH excluding ortho intramolecular Hbond substituents is 1. The van der Waals surface area contributed by atoms with Gasteiger partial charge in [-0.25, -0.2) is 4.79 Å². The number of carboxylic acid groups (broad SMARTS) is 2. The highest BCUT2D eigenvalue weighted by molar-refractivity contribution is 5.94. The summed E-state index contributed by atoms with van der Waals surface area (Å²) in [6.45, 7) is -0.638. The number of hydrogen-bond acceptors (Lipinski definition) is 8. The molecule has 1 heterocycles. The van der Waals surface area contributed by atoms with Crippen LogP contribution < -0.4 is 16.4 Å². The number of carbonyl (C=O) groups excluding carboxylic acids is 3. The van der Waals surface area contributed by atoms with Gasteiger partial charge < -0.3 is 41.7 Å². The molecule has 1 fully saturated rings. The molecule has 1 aromatic carbocycles. The highest BCUT2D eigenvalue weighted by Gasteiger charge is 2.38. The number of rotatable bonds is 12. The van der Waals surface area contributed by atoms with Crippen LogP contribution in [0.1, 0.15) is 31.2 Å². The number of aromatic hydroxyl groups is 1. The van der Waals surface area contributed by atoms with Gasteiger partial charge in [-0.15, -0.1) is 0 Å². The molecule has 2 rings (SSSR count). The molecule has 13 heteroatoms. The Labute approximate surface area is 200 Å². The third-order valence-electron chi connectivity index (χ3n) is 5.63. The number of aliphatic carboxylic acids is 2. The third-order valence-corrected chi connectivity index (χ3v) is 5.63. The summed E-state index contributed by atoms with van der Waals surface area (Å²) in [7, 11) is 0. The van der Waals surface area contributed by atoms with E-state index in [1.807, 2.05) is 0 Å². The van der Waals surface area contributed by atoms with E-state index in [9.17, 15) is 39.3 Å². The molecule has 0 aromatic heterocycles. The van der Waals surface area contributed by atoms with E-state index in [0.717, 1.165) is 0 Å². The summed E-state index contributed by atoms with van der Waals surface area (Å²) in [4.78, 5) is 61.7. The van der Waals surface area contributed by atoms with Crippen molar-refractivity contribution >= 4 is 29.7 Å². The Hall–Kier alpha value is -3.71. The van der Waals surface area contributed by atoms with Gasteiger partial charge in [0.25, 0.3) is 0 Å². The van der Waals surface area contributed by atoms with Crippen LogP contribution in [0.5, 0.6) is 5.75 Å². The summed E-state index contributed by atoms with van der Waals surface area (Å²) < 4.78 is 0. The van der Waals surface area contributed by atoms with Gasteiger partial charge in [0, 0.05) is 19.4 Å². The van der Waals surface area contributed by atoms with E-state index in [1.165, 1.54) is 29.2 Å². The zero-order chi connectivity index (χ0) is 26.1. The van der Waals surface area contributed by atoms with E-state index in [2.05, 4.69) is 10.6 Å². The van der Waals surface area contributed by atoms with Crippen molar-refractivity contribution in [3.8, 4) is 5.75 Å². The van der Waals surface area contributed by atoms with Crippen LogP contribution >= 0.6 is 0 Å². The lowest BCUT2D eigenvalue weighted by Crippen LogP contribution is -2.58. The number of nitrogens with two attached hydrogens (primary N) is 1. The van der Waals surface area contributed by atoms with Gasteiger partial charge in [0.2, 0.25) is 17.7 Å². The molecule has 0 bridgehead atoms. The van der Waals surface area contributed by atoms with E-state index in [4.69, 9.17) is 10.8 Å². The first kappa shape index (κ1) is 27.5. The van der Waals surface area contributed by atoms with Gasteiger partial charge in [0.15, 0.2) is 0 Å². The summed E-state index contributed by atoms with van der Waals surface area (Å²) in [5, 5.41) is 42.0. The molecule has 1 saturated heterocycles. The average Bonchev–Trinajstić information content (AvgIpc) is 3.31. The number of phenols is 1. The molecule has 192 valence electrons. The Morgan fingerprint density at radius 1 is 1.03 bits per heavy atom. The van der Waals surface area contributed by atoms with Gasteiger partial charge >= 0.3 is 11.9 Å². The van der Waals surface area contributed by atoms with Crippen molar-refractivity contribution in [1.29, 1.82) is 0 Å².